The predicted octanol–water partition coefficient (Wildman–Crippen LogP) is 1.81. The maximum atomic E-state index is 12.3. The third kappa shape index (κ3) is 2.51. The van der Waals surface area contributed by atoms with Crippen molar-refractivity contribution in [3.8, 4) is 0 Å². The molecule has 0 spiro atoms. The second-order valence-electron chi connectivity index (χ2n) is 4.15. The van der Waals surface area contributed by atoms with E-state index < -0.39 is 5.97 Å². The number of benzene rings is 1. The van der Waals surface area contributed by atoms with Crippen LogP contribution in [0.25, 0.3) is 0 Å². The molecule has 0 saturated heterocycles. The largest absolute Gasteiger partial charge is 0.480 e. The molecule has 1 heterocycles. The average Bonchev–Trinajstić information content (AvgIpc) is 2.78. The molecule has 18 heavy (non-hydrogen) atoms. The number of nitrogens with zero attached hydrogens (tertiary/aromatic N) is 1. The SMILES string of the molecule is CCN(CC(=O)O)C(=O)[C@H]1CSc2ccccc21. The van der Waals surface area contributed by atoms with E-state index >= 15 is 0 Å². The Hall–Kier alpha value is -1.49. The zero-order chi connectivity index (χ0) is 13.1. The van der Waals surface area contributed by atoms with Gasteiger partial charge >= 0.3 is 5.97 Å². The Bertz CT molecular complexity index is 475. The number of amides is 1. The van der Waals surface area contributed by atoms with Crippen molar-refractivity contribution in [2.45, 2.75) is 17.7 Å². The van der Waals surface area contributed by atoms with Gasteiger partial charge in [0.25, 0.3) is 0 Å². The summed E-state index contributed by atoms with van der Waals surface area (Å²) in [6.07, 6.45) is 0. The van der Waals surface area contributed by atoms with Gasteiger partial charge in [-0.3, -0.25) is 9.59 Å². The summed E-state index contributed by atoms with van der Waals surface area (Å²) >= 11 is 1.66. The lowest BCUT2D eigenvalue weighted by Gasteiger charge is -2.22. The number of likely N-dealkylation sites (N-methyl/N-ethyl adjacent to an activating group) is 1. The second-order valence-corrected chi connectivity index (χ2v) is 5.21. The molecule has 1 aliphatic heterocycles. The molecule has 0 unspecified atom stereocenters. The third-order valence-corrected chi connectivity index (χ3v) is 4.20. The van der Waals surface area contributed by atoms with Crippen molar-refractivity contribution in [2.24, 2.45) is 0 Å². The van der Waals surface area contributed by atoms with Crippen LogP contribution in [0.15, 0.2) is 29.2 Å². The van der Waals surface area contributed by atoms with Crippen molar-refractivity contribution in [2.75, 3.05) is 18.8 Å². The lowest BCUT2D eigenvalue weighted by atomic mass is 10.00. The van der Waals surface area contributed by atoms with Crippen LogP contribution in [0.5, 0.6) is 0 Å². The highest BCUT2D eigenvalue weighted by atomic mass is 32.2. The van der Waals surface area contributed by atoms with Crippen LogP contribution in [0.2, 0.25) is 0 Å². The Morgan fingerprint density at radius 1 is 1.44 bits per heavy atom. The lowest BCUT2D eigenvalue weighted by molar-refractivity contribution is -0.144. The molecule has 96 valence electrons. The van der Waals surface area contributed by atoms with Crippen molar-refractivity contribution in [1.82, 2.24) is 4.90 Å². The van der Waals surface area contributed by atoms with Gasteiger partial charge in [-0.1, -0.05) is 18.2 Å². The number of carboxylic acid groups (broad SMARTS) is 1. The van der Waals surface area contributed by atoms with E-state index in [-0.39, 0.29) is 18.4 Å². The molecular formula is C13H15NO3S. The molecular weight excluding hydrogens is 250 g/mol. The summed E-state index contributed by atoms with van der Waals surface area (Å²) in [6.45, 7) is 2.00. The molecule has 0 fully saturated rings. The van der Waals surface area contributed by atoms with Gasteiger partial charge in [0.05, 0.1) is 5.92 Å². The highest BCUT2D eigenvalue weighted by Gasteiger charge is 2.32. The second kappa shape index (κ2) is 5.44. The lowest BCUT2D eigenvalue weighted by Crippen LogP contribution is -2.38. The summed E-state index contributed by atoms with van der Waals surface area (Å²) in [5.74, 6) is -0.555. The van der Waals surface area contributed by atoms with Crippen LogP contribution in [0.3, 0.4) is 0 Å². The van der Waals surface area contributed by atoms with Crippen LogP contribution in [-0.4, -0.2) is 40.7 Å². The summed E-state index contributed by atoms with van der Waals surface area (Å²) in [6, 6.07) is 7.82. The van der Waals surface area contributed by atoms with Crippen LogP contribution in [0.1, 0.15) is 18.4 Å². The molecule has 0 bridgehead atoms. The standard InChI is InChI=1S/C13H15NO3S/c1-2-14(7-12(15)16)13(17)10-8-18-11-6-4-3-5-9(10)11/h3-6,10H,2,7-8H2,1H3,(H,15,16)/t10-/m0/s1. The Labute approximate surface area is 110 Å². The molecule has 5 heteroatoms. The summed E-state index contributed by atoms with van der Waals surface area (Å²) in [4.78, 5) is 25.6. The van der Waals surface area contributed by atoms with E-state index in [2.05, 4.69) is 0 Å². The number of fused-ring (bicyclic) bond motifs is 1. The number of thioether (sulfide) groups is 1. The Balaban J connectivity index is 2.17. The fourth-order valence-electron chi connectivity index (χ4n) is 2.10. The highest BCUT2D eigenvalue weighted by molar-refractivity contribution is 7.99. The number of aliphatic carboxylic acids is 1. The first-order valence-electron chi connectivity index (χ1n) is 5.85. The van der Waals surface area contributed by atoms with Crippen molar-refractivity contribution >= 4 is 23.6 Å². The van der Waals surface area contributed by atoms with Gasteiger partial charge in [0.2, 0.25) is 5.91 Å². The van der Waals surface area contributed by atoms with Gasteiger partial charge < -0.3 is 10.0 Å². The summed E-state index contributed by atoms with van der Waals surface area (Å²) in [5, 5.41) is 8.80. The number of carbonyl (C=O) groups excluding carboxylic acids is 1. The molecule has 2 rings (SSSR count). The zero-order valence-electron chi connectivity index (χ0n) is 10.1. The minimum absolute atomic E-state index is 0.0858. The van der Waals surface area contributed by atoms with Crippen LogP contribution in [-0.2, 0) is 9.59 Å². The third-order valence-electron chi connectivity index (χ3n) is 3.02. The minimum atomic E-state index is -0.968. The van der Waals surface area contributed by atoms with Crippen molar-refractivity contribution < 1.29 is 14.7 Å². The van der Waals surface area contributed by atoms with E-state index in [0.717, 1.165) is 10.5 Å². The van der Waals surface area contributed by atoms with E-state index in [1.807, 2.05) is 24.3 Å². The Kier molecular flexibility index (Phi) is 3.91. The fourth-order valence-corrected chi connectivity index (χ4v) is 3.32. The molecule has 1 amide bonds. The molecule has 0 aliphatic carbocycles. The minimum Gasteiger partial charge on any atom is -0.480 e. The highest BCUT2D eigenvalue weighted by Crippen LogP contribution is 2.40. The maximum absolute atomic E-state index is 12.3. The van der Waals surface area contributed by atoms with Crippen molar-refractivity contribution in [3.05, 3.63) is 29.8 Å². The van der Waals surface area contributed by atoms with Crippen LogP contribution in [0, 0.1) is 0 Å². The quantitative estimate of drug-likeness (QED) is 0.902. The van der Waals surface area contributed by atoms with Crippen LogP contribution < -0.4 is 0 Å². The predicted molar refractivity (Wildman–Crippen MR) is 69.8 cm³/mol. The number of hydrogen-bond donors (Lipinski definition) is 1. The number of hydrogen-bond acceptors (Lipinski definition) is 3. The Morgan fingerprint density at radius 2 is 2.17 bits per heavy atom. The average molecular weight is 265 g/mol. The number of carbonyl (C=O) groups is 2. The van der Waals surface area contributed by atoms with Crippen LogP contribution >= 0.6 is 11.8 Å². The van der Waals surface area contributed by atoms with E-state index in [1.54, 1.807) is 18.7 Å². The molecule has 1 aliphatic rings. The Morgan fingerprint density at radius 3 is 2.83 bits per heavy atom. The van der Waals surface area contributed by atoms with E-state index in [1.165, 1.54) is 4.90 Å². The van der Waals surface area contributed by atoms with Gasteiger partial charge in [-0.05, 0) is 18.6 Å². The van der Waals surface area contributed by atoms with Gasteiger partial charge in [-0.25, -0.2) is 0 Å². The summed E-state index contributed by atoms with van der Waals surface area (Å²) in [5.41, 5.74) is 1.02. The first-order valence-corrected chi connectivity index (χ1v) is 6.84. The summed E-state index contributed by atoms with van der Waals surface area (Å²) in [7, 11) is 0. The molecule has 4 nitrogen and oxygen atoms in total. The van der Waals surface area contributed by atoms with Gasteiger partial charge in [-0.2, -0.15) is 0 Å². The molecule has 1 aromatic carbocycles. The molecule has 1 atom stereocenters. The van der Waals surface area contributed by atoms with Gasteiger partial charge in [0.15, 0.2) is 0 Å². The van der Waals surface area contributed by atoms with Crippen molar-refractivity contribution in [1.29, 1.82) is 0 Å². The molecule has 0 saturated carbocycles. The number of carboxylic acids is 1. The van der Waals surface area contributed by atoms with Gasteiger partial charge in [0.1, 0.15) is 6.54 Å². The summed E-state index contributed by atoms with van der Waals surface area (Å²) < 4.78 is 0. The van der Waals surface area contributed by atoms with Crippen LogP contribution in [0.4, 0.5) is 0 Å². The monoisotopic (exact) mass is 265 g/mol. The zero-order valence-corrected chi connectivity index (χ0v) is 10.9. The van der Waals surface area contributed by atoms with Crippen molar-refractivity contribution in [3.63, 3.8) is 0 Å². The maximum Gasteiger partial charge on any atom is 0.323 e. The normalized spacial score (nSPS) is 17.3. The van der Waals surface area contributed by atoms with Gasteiger partial charge in [-0.15, -0.1) is 11.8 Å². The smallest absolute Gasteiger partial charge is 0.323 e. The molecule has 0 aromatic heterocycles. The fraction of sp³-hybridized carbons (Fsp3) is 0.385. The first kappa shape index (κ1) is 13.0. The first-order chi connectivity index (χ1) is 8.63. The molecule has 1 aromatic rings. The van der Waals surface area contributed by atoms with E-state index in [4.69, 9.17) is 5.11 Å². The number of rotatable bonds is 4. The topological polar surface area (TPSA) is 57.6 Å². The van der Waals surface area contributed by atoms with Gasteiger partial charge in [0, 0.05) is 17.2 Å². The molecule has 0 radical (unpaired) electrons. The van der Waals surface area contributed by atoms with E-state index in [0.29, 0.717) is 12.3 Å². The van der Waals surface area contributed by atoms with E-state index in [9.17, 15) is 9.59 Å². The molecule has 1 N–H and O–H groups in total.